The molecule has 2 aromatic carbocycles. The molecule has 0 bridgehead atoms. The molecule has 0 unspecified atom stereocenters. The second-order valence-corrected chi connectivity index (χ2v) is 8.15. The van der Waals surface area contributed by atoms with Gasteiger partial charge in [0, 0.05) is 17.1 Å². The molecule has 1 amide bonds. The first-order valence-corrected chi connectivity index (χ1v) is 10.2. The summed E-state index contributed by atoms with van der Waals surface area (Å²) in [5.41, 5.74) is 5.89. The number of anilines is 2. The van der Waals surface area contributed by atoms with Crippen LogP contribution in [0.15, 0.2) is 58.1 Å². The Bertz CT molecular complexity index is 1420. The number of H-pyrrole nitrogens is 1. The van der Waals surface area contributed by atoms with Gasteiger partial charge in [-0.3, -0.25) is 19.1 Å². The molecule has 2 heterocycles. The average Bonchev–Trinajstić information content (AvgIpc) is 3.08. The van der Waals surface area contributed by atoms with Gasteiger partial charge in [0.05, 0.1) is 11.4 Å². The number of carbonyl (C=O) groups excluding carboxylic acids is 1. The molecule has 0 spiro atoms. The van der Waals surface area contributed by atoms with Crippen LogP contribution in [0.3, 0.4) is 0 Å². The lowest BCUT2D eigenvalue weighted by atomic mass is 10.1. The summed E-state index contributed by atoms with van der Waals surface area (Å²) in [4.78, 5) is 41.8. The number of nitrogen functional groups attached to an aromatic ring is 1. The van der Waals surface area contributed by atoms with Crippen LogP contribution in [-0.2, 0) is 6.54 Å². The molecule has 2 aromatic heterocycles. The molecule has 4 rings (SSSR count). The third-order valence-electron chi connectivity index (χ3n) is 5.13. The number of halogens is 1. The molecule has 0 aliphatic rings. The molecular formula is C22H19FN4O3S. The van der Waals surface area contributed by atoms with E-state index in [-0.39, 0.29) is 18.1 Å². The summed E-state index contributed by atoms with van der Waals surface area (Å²) in [5, 5.41) is 0.375. The number of aromatic amines is 1. The number of hydrogen-bond acceptors (Lipinski definition) is 5. The highest BCUT2D eigenvalue weighted by atomic mass is 32.1. The van der Waals surface area contributed by atoms with Crippen LogP contribution in [0, 0.1) is 12.7 Å². The highest BCUT2D eigenvalue weighted by Gasteiger charge is 2.26. The number of benzene rings is 2. The van der Waals surface area contributed by atoms with Gasteiger partial charge in [-0.15, -0.1) is 11.3 Å². The van der Waals surface area contributed by atoms with Gasteiger partial charge in [-0.25, -0.2) is 9.18 Å². The summed E-state index contributed by atoms with van der Waals surface area (Å²) in [6, 6.07) is 13.8. The average molecular weight is 438 g/mol. The zero-order valence-corrected chi connectivity index (χ0v) is 17.6. The van der Waals surface area contributed by atoms with Gasteiger partial charge in [0.25, 0.3) is 11.5 Å². The SMILES string of the molecule is Cc1c(C(=O)N(C)c2c(N)n(Cc3ccccc3)c(=O)[nH]c2=O)sc2cccc(F)c12. The number of thiophene rings is 1. The van der Waals surface area contributed by atoms with E-state index in [0.717, 1.165) is 21.8 Å². The van der Waals surface area contributed by atoms with E-state index in [2.05, 4.69) is 4.98 Å². The van der Waals surface area contributed by atoms with Crippen molar-refractivity contribution in [1.29, 1.82) is 0 Å². The summed E-state index contributed by atoms with van der Waals surface area (Å²) < 4.78 is 16.1. The predicted molar refractivity (Wildman–Crippen MR) is 121 cm³/mol. The molecule has 158 valence electrons. The molecule has 3 N–H and O–H groups in total. The molecule has 7 nitrogen and oxygen atoms in total. The Morgan fingerprint density at radius 3 is 2.55 bits per heavy atom. The number of carbonyl (C=O) groups is 1. The Labute approximate surface area is 180 Å². The summed E-state index contributed by atoms with van der Waals surface area (Å²) in [7, 11) is 1.40. The molecule has 0 aliphatic carbocycles. The molecule has 0 aliphatic heterocycles. The number of aromatic nitrogens is 2. The Morgan fingerprint density at radius 2 is 1.87 bits per heavy atom. The van der Waals surface area contributed by atoms with E-state index in [1.54, 1.807) is 19.1 Å². The third-order valence-corrected chi connectivity index (χ3v) is 6.38. The van der Waals surface area contributed by atoms with E-state index in [4.69, 9.17) is 5.73 Å². The van der Waals surface area contributed by atoms with Gasteiger partial charge in [0.2, 0.25) is 0 Å². The number of nitrogens with two attached hydrogens (primary N) is 1. The second kappa shape index (κ2) is 7.84. The van der Waals surface area contributed by atoms with E-state index in [1.807, 2.05) is 30.3 Å². The Morgan fingerprint density at radius 1 is 1.16 bits per heavy atom. The first-order chi connectivity index (χ1) is 14.8. The molecule has 0 saturated heterocycles. The van der Waals surface area contributed by atoms with Gasteiger partial charge < -0.3 is 10.6 Å². The molecule has 0 radical (unpaired) electrons. The van der Waals surface area contributed by atoms with Gasteiger partial charge in [0.15, 0.2) is 5.69 Å². The Kier molecular flexibility index (Phi) is 5.20. The summed E-state index contributed by atoms with van der Waals surface area (Å²) in [6.45, 7) is 1.79. The minimum absolute atomic E-state index is 0.126. The fraction of sp³-hybridized carbons (Fsp3) is 0.136. The fourth-order valence-corrected chi connectivity index (χ4v) is 4.73. The van der Waals surface area contributed by atoms with Crippen LogP contribution < -0.4 is 21.9 Å². The van der Waals surface area contributed by atoms with E-state index >= 15 is 0 Å². The summed E-state index contributed by atoms with van der Waals surface area (Å²) in [5.74, 6) is -1.06. The normalized spacial score (nSPS) is 11.1. The number of fused-ring (bicyclic) bond motifs is 1. The lowest BCUT2D eigenvalue weighted by molar-refractivity contribution is 0.0996. The van der Waals surface area contributed by atoms with Crippen LogP contribution in [0.5, 0.6) is 0 Å². The minimum atomic E-state index is -0.771. The third kappa shape index (κ3) is 3.53. The number of hydrogen-bond donors (Lipinski definition) is 2. The zero-order valence-electron chi connectivity index (χ0n) is 16.8. The van der Waals surface area contributed by atoms with Crippen molar-refractivity contribution >= 4 is 38.8 Å². The molecule has 4 aromatic rings. The van der Waals surface area contributed by atoms with Crippen LogP contribution in [-0.4, -0.2) is 22.5 Å². The van der Waals surface area contributed by atoms with Crippen LogP contribution in [0.2, 0.25) is 0 Å². The van der Waals surface area contributed by atoms with Crippen molar-refractivity contribution in [2.45, 2.75) is 13.5 Å². The van der Waals surface area contributed by atoms with E-state index < -0.39 is 23.0 Å². The topological polar surface area (TPSA) is 101 Å². The molecule has 0 saturated carbocycles. The first kappa shape index (κ1) is 20.5. The largest absolute Gasteiger partial charge is 0.383 e. The zero-order chi connectivity index (χ0) is 22.3. The quantitative estimate of drug-likeness (QED) is 0.511. The smallest absolute Gasteiger partial charge is 0.330 e. The molecule has 9 heteroatoms. The maximum absolute atomic E-state index is 14.2. The van der Waals surface area contributed by atoms with Crippen molar-refractivity contribution in [3.05, 3.63) is 91.2 Å². The van der Waals surface area contributed by atoms with Gasteiger partial charge in [-0.2, -0.15) is 0 Å². The number of rotatable bonds is 4. The summed E-state index contributed by atoms with van der Waals surface area (Å²) in [6.07, 6.45) is 0. The maximum Gasteiger partial charge on any atom is 0.330 e. The highest BCUT2D eigenvalue weighted by Crippen LogP contribution is 2.34. The fourth-order valence-electron chi connectivity index (χ4n) is 3.54. The van der Waals surface area contributed by atoms with Crippen LogP contribution in [0.25, 0.3) is 10.1 Å². The van der Waals surface area contributed by atoms with Crippen molar-refractivity contribution in [1.82, 2.24) is 9.55 Å². The van der Waals surface area contributed by atoms with E-state index in [1.165, 1.54) is 17.7 Å². The molecule has 0 atom stereocenters. The minimum Gasteiger partial charge on any atom is -0.383 e. The van der Waals surface area contributed by atoms with Gasteiger partial charge >= 0.3 is 5.69 Å². The Balaban J connectivity index is 1.79. The van der Waals surface area contributed by atoms with E-state index in [0.29, 0.717) is 20.5 Å². The second-order valence-electron chi connectivity index (χ2n) is 7.10. The number of amides is 1. The van der Waals surface area contributed by atoms with Gasteiger partial charge in [-0.05, 0) is 30.2 Å². The maximum atomic E-state index is 14.2. The van der Waals surface area contributed by atoms with Gasteiger partial charge in [0.1, 0.15) is 11.6 Å². The predicted octanol–water partition coefficient (Wildman–Crippen LogP) is 3.11. The van der Waals surface area contributed by atoms with E-state index in [9.17, 15) is 18.8 Å². The van der Waals surface area contributed by atoms with Crippen molar-refractivity contribution in [3.63, 3.8) is 0 Å². The molecule has 31 heavy (non-hydrogen) atoms. The van der Waals surface area contributed by atoms with Crippen molar-refractivity contribution in [2.24, 2.45) is 0 Å². The summed E-state index contributed by atoms with van der Waals surface area (Å²) >= 11 is 1.14. The van der Waals surface area contributed by atoms with Crippen molar-refractivity contribution in [3.8, 4) is 0 Å². The molecular weight excluding hydrogens is 419 g/mol. The number of nitrogens with zero attached hydrogens (tertiary/aromatic N) is 2. The van der Waals surface area contributed by atoms with Gasteiger partial charge in [-0.1, -0.05) is 36.4 Å². The van der Waals surface area contributed by atoms with Crippen LogP contribution in [0.4, 0.5) is 15.9 Å². The first-order valence-electron chi connectivity index (χ1n) is 9.41. The van der Waals surface area contributed by atoms with Crippen molar-refractivity contribution < 1.29 is 9.18 Å². The lowest BCUT2D eigenvalue weighted by Crippen LogP contribution is -2.39. The lowest BCUT2D eigenvalue weighted by Gasteiger charge is -2.20. The Hall–Kier alpha value is -3.72. The van der Waals surface area contributed by atoms with Crippen LogP contribution in [0.1, 0.15) is 20.8 Å². The number of aryl methyl sites for hydroxylation is 1. The monoisotopic (exact) mass is 438 g/mol. The highest BCUT2D eigenvalue weighted by molar-refractivity contribution is 7.21. The molecule has 0 fully saturated rings. The van der Waals surface area contributed by atoms with Crippen molar-refractivity contribution in [2.75, 3.05) is 17.7 Å². The number of nitrogens with one attached hydrogen (secondary N) is 1. The van der Waals surface area contributed by atoms with Crippen LogP contribution >= 0.6 is 11.3 Å². The standard InChI is InChI=1S/C22H19FN4O3S/c1-12-16-14(23)9-6-10-15(16)31-18(12)21(29)26(2)17-19(24)27(22(30)25-20(17)28)11-13-7-4-3-5-8-13/h3-10H,11,24H2,1-2H3,(H,25,28,30).